The summed E-state index contributed by atoms with van der Waals surface area (Å²) < 4.78 is 0. The Morgan fingerprint density at radius 2 is 1.91 bits per heavy atom. The van der Waals surface area contributed by atoms with E-state index in [9.17, 15) is 24.8 Å². The summed E-state index contributed by atoms with van der Waals surface area (Å²) >= 11 is 5.73. The predicted molar refractivity (Wildman–Crippen MR) is 82.1 cm³/mol. The van der Waals surface area contributed by atoms with Gasteiger partial charge in [0.25, 0.3) is 5.69 Å². The number of benzene rings is 1. The fourth-order valence-electron chi connectivity index (χ4n) is 3.47. The average molecular weight is 337 g/mol. The molecule has 2 N–H and O–H groups in total. The van der Waals surface area contributed by atoms with Crippen LogP contribution in [0.25, 0.3) is 0 Å². The van der Waals surface area contributed by atoms with Gasteiger partial charge >= 0.3 is 5.97 Å². The van der Waals surface area contributed by atoms with Crippen molar-refractivity contribution in [3.8, 4) is 0 Å². The summed E-state index contributed by atoms with van der Waals surface area (Å²) in [6.45, 7) is 0. The number of hydrogen-bond donors (Lipinski definition) is 2. The van der Waals surface area contributed by atoms with Gasteiger partial charge in [0.05, 0.1) is 16.8 Å². The molecular formula is C15H13ClN2O5. The predicted octanol–water partition coefficient (Wildman–Crippen LogP) is 2.71. The summed E-state index contributed by atoms with van der Waals surface area (Å²) in [5.74, 6) is -3.10. The number of halogens is 1. The van der Waals surface area contributed by atoms with Gasteiger partial charge in [-0.1, -0.05) is 23.8 Å². The van der Waals surface area contributed by atoms with Gasteiger partial charge in [-0.15, -0.1) is 0 Å². The Kier molecular flexibility index (Phi) is 3.81. The molecule has 0 spiro atoms. The molecule has 0 aromatic heterocycles. The Balaban J connectivity index is 1.82. The van der Waals surface area contributed by atoms with Crippen molar-refractivity contribution in [3.63, 3.8) is 0 Å². The second kappa shape index (κ2) is 5.66. The van der Waals surface area contributed by atoms with Crippen LogP contribution in [0.2, 0.25) is 5.02 Å². The number of rotatable bonds is 4. The van der Waals surface area contributed by atoms with Crippen LogP contribution >= 0.6 is 11.6 Å². The first-order valence-corrected chi connectivity index (χ1v) is 7.42. The summed E-state index contributed by atoms with van der Waals surface area (Å²) in [5, 5.41) is 22.8. The van der Waals surface area contributed by atoms with E-state index in [-0.39, 0.29) is 28.2 Å². The molecule has 0 aliphatic heterocycles. The number of amides is 1. The summed E-state index contributed by atoms with van der Waals surface area (Å²) in [7, 11) is 0. The van der Waals surface area contributed by atoms with E-state index in [1.165, 1.54) is 18.2 Å². The second-order valence-electron chi connectivity index (χ2n) is 5.75. The molecule has 8 heteroatoms. The average Bonchev–Trinajstić information content (AvgIpc) is 3.09. The topological polar surface area (TPSA) is 110 Å². The standard InChI is InChI=1S/C15H13ClN2O5/c16-10-4-3-9(6-11(10)18(22)23)17-14(19)12-7-1-2-8(5-7)13(12)15(20)21/h1-4,6-8,12-13H,5H2,(H,17,19)(H,20,21). The molecule has 0 saturated heterocycles. The lowest BCUT2D eigenvalue weighted by Gasteiger charge is -2.23. The van der Waals surface area contributed by atoms with Gasteiger partial charge in [-0.3, -0.25) is 19.7 Å². The maximum absolute atomic E-state index is 12.5. The Morgan fingerprint density at radius 1 is 1.26 bits per heavy atom. The van der Waals surface area contributed by atoms with Crippen molar-refractivity contribution >= 4 is 34.9 Å². The monoisotopic (exact) mass is 336 g/mol. The molecule has 2 aliphatic rings. The van der Waals surface area contributed by atoms with Crippen LogP contribution in [0.3, 0.4) is 0 Å². The first-order chi connectivity index (χ1) is 10.9. The maximum atomic E-state index is 12.5. The minimum Gasteiger partial charge on any atom is -0.481 e. The number of carbonyl (C=O) groups excluding carboxylic acids is 1. The van der Waals surface area contributed by atoms with Crippen LogP contribution in [0.5, 0.6) is 0 Å². The molecule has 1 fully saturated rings. The summed E-state index contributed by atoms with van der Waals surface area (Å²) in [6, 6.07) is 3.94. The number of hydrogen-bond acceptors (Lipinski definition) is 4. The lowest BCUT2D eigenvalue weighted by molar-refractivity contribution is -0.384. The second-order valence-corrected chi connectivity index (χ2v) is 6.16. The highest BCUT2D eigenvalue weighted by Crippen LogP contribution is 2.48. The van der Waals surface area contributed by atoms with Gasteiger partial charge in [-0.25, -0.2) is 0 Å². The first-order valence-electron chi connectivity index (χ1n) is 7.04. The molecule has 4 unspecified atom stereocenters. The fraction of sp³-hybridized carbons (Fsp3) is 0.333. The molecule has 0 radical (unpaired) electrons. The van der Waals surface area contributed by atoms with Gasteiger partial charge in [0.1, 0.15) is 5.02 Å². The number of nitrogens with one attached hydrogen (secondary N) is 1. The van der Waals surface area contributed by atoms with Crippen molar-refractivity contribution < 1.29 is 19.6 Å². The Morgan fingerprint density at radius 3 is 2.52 bits per heavy atom. The highest BCUT2D eigenvalue weighted by Gasteiger charge is 2.51. The molecule has 1 saturated carbocycles. The van der Waals surface area contributed by atoms with Crippen LogP contribution in [-0.2, 0) is 9.59 Å². The number of nitrogens with zero attached hydrogens (tertiary/aromatic N) is 1. The van der Waals surface area contributed by atoms with Crippen molar-refractivity contribution in [3.05, 3.63) is 45.5 Å². The van der Waals surface area contributed by atoms with Gasteiger partial charge in [-0.05, 0) is 30.4 Å². The highest BCUT2D eigenvalue weighted by atomic mass is 35.5. The number of carboxylic acids is 1. The maximum Gasteiger partial charge on any atom is 0.307 e. The number of allylic oxidation sites excluding steroid dienone is 2. The van der Waals surface area contributed by atoms with Crippen LogP contribution in [0.4, 0.5) is 11.4 Å². The van der Waals surface area contributed by atoms with E-state index >= 15 is 0 Å². The van der Waals surface area contributed by atoms with E-state index in [4.69, 9.17) is 11.6 Å². The largest absolute Gasteiger partial charge is 0.481 e. The summed E-state index contributed by atoms with van der Waals surface area (Å²) in [6.07, 6.45) is 4.37. The molecule has 4 atom stereocenters. The van der Waals surface area contributed by atoms with Crippen molar-refractivity contribution in [2.75, 3.05) is 5.32 Å². The van der Waals surface area contributed by atoms with E-state index in [1.54, 1.807) is 0 Å². The molecule has 3 rings (SSSR count). The SMILES string of the molecule is O=C(O)C1C2C=CC(C2)C1C(=O)Nc1ccc(Cl)c([N+](=O)[O-])c1. The lowest BCUT2D eigenvalue weighted by atomic mass is 9.82. The number of nitro groups is 1. The van der Waals surface area contributed by atoms with Gasteiger partial charge in [-0.2, -0.15) is 0 Å². The van der Waals surface area contributed by atoms with Crippen molar-refractivity contribution in [2.45, 2.75) is 6.42 Å². The van der Waals surface area contributed by atoms with E-state index in [1.807, 2.05) is 12.2 Å². The van der Waals surface area contributed by atoms with Crippen LogP contribution in [0.15, 0.2) is 30.4 Å². The van der Waals surface area contributed by atoms with E-state index in [0.29, 0.717) is 6.42 Å². The van der Waals surface area contributed by atoms with E-state index < -0.39 is 28.6 Å². The van der Waals surface area contributed by atoms with E-state index in [0.717, 1.165) is 0 Å². The number of fused-ring (bicyclic) bond motifs is 2. The highest BCUT2D eigenvalue weighted by molar-refractivity contribution is 6.32. The van der Waals surface area contributed by atoms with Gasteiger partial charge in [0, 0.05) is 11.8 Å². The van der Waals surface area contributed by atoms with Gasteiger partial charge < -0.3 is 10.4 Å². The normalized spacial score (nSPS) is 27.9. The molecule has 7 nitrogen and oxygen atoms in total. The first kappa shape index (κ1) is 15.5. The molecular weight excluding hydrogens is 324 g/mol. The molecule has 120 valence electrons. The zero-order chi connectivity index (χ0) is 16.7. The molecule has 1 aromatic rings. The number of carbonyl (C=O) groups is 2. The quantitative estimate of drug-likeness (QED) is 0.499. The molecule has 1 amide bonds. The Hall–Kier alpha value is -2.41. The van der Waals surface area contributed by atoms with Crippen LogP contribution in [0.1, 0.15) is 6.42 Å². The third-order valence-corrected chi connectivity index (χ3v) is 4.78. The van der Waals surface area contributed by atoms with Gasteiger partial charge in [0.15, 0.2) is 0 Å². The van der Waals surface area contributed by atoms with E-state index in [2.05, 4.69) is 5.32 Å². The number of nitro benzene ring substituents is 1. The Labute approximate surface area is 136 Å². The fourth-order valence-corrected chi connectivity index (χ4v) is 3.66. The minimum atomic E-state index is -0.996. The molecule has 0 heterocycles. The van der Waals surface area contributed by atoms with Crippen molar-refractivity contribution in [1.29, 1.82) is 0 Å². The van der Waals surface area contributed by atoms with Crippen LogP contribution in [0, 0.1) is 33.8 Å². The smallest absolute Gasteiger partial charge is 0.307 e. The molecule has 2 bridgehead atoms. The van der Waals surface area contributed by atoms with Crippen molar-refractivity contribution in [1.82, 2.24) is 0 Å². The van der Waals surface area contributed by atoms with Crippen LogP contribution in [-0.4, -0.2) is 21.9 Å². The summed E-state index contributed by atoms with van der Waals surface area (Å²) in [5.41, 5.74) is -0.0888. The lowest BCUT2D eigenvalue weighted by Crippen LogP contribution is -2.36. The zero-order valence-electron chi connectivity index (χ0n) is 11.8. The molecule has 23 heavy (non-hydrogen) atoms. The minimum absolute atomic E-state index is 0.0285. The Bertz CT molecular complexity index is 733. The third-order valence-electron chi connectivity index (χ3n) is 4.46. The zero-order valence-corrected chi connectivity index (χ0v) is 12.6. The molecule has 1 aromatic carbocycles. The number of aliphatic carboxylic acids is 1. The molecule has 2 aliphatic carbocycles. The number of carboxylic acid groups (broad SMARTS) is 1. The van der Waals surface area contributed by atoms with Crippen LogP contribution < -0.4 is 5.32 Å². The number of anilines is 1. The summed E-state index contributed by atoms with van der Waals surface area (Å²) in [4.78, 5) is 34.1. The van der Waals surface area contributed by atoms with Crippen molar-refractivity contribution in [2.24, 2.45) is 23.7 Å². The third kappa shape index (κ3) is 2.68. The van der Waals surface area contributed by atoms with Gasteiger partial charge in [0.2, 0.25) is 5.91 Å².